The quantitative estimate of drug-likeness (QED) is 0.875. The second-order valence-corrected chi connectivity index (χ2v) is 5.85. The highest BCUT2D eigenvalue weighted by Gasteiger charge is 2.42. The monoisotopic (exact) mass is 290 g/mol. The third kappa shape index (κ3) is 3.38. The maximum Gasteiger partial charge on any atom is 0.254 e. The van der Waals surface area contributed by atoms with Crippen molar-refractivity contribution in [2.45, 2.75) is 39.2 Å². The molecule has 1 saturated heterocycles. The van der Waals surface area contributed by atoms with Gasteiger partial charge in [-0.2, -0.15) is 0 Å². The Morgan fingerprint density at radius 3 is 2.24 bits per heavy atom. The van der Waals surface area contributed by atoms with Gasteiger partial charge in [-0.15, -0.1) is 0 Å². The number of amides is 1. The Balaban J connectivity index is 1.98. The number of β-amino-alcohol motifs (C(OH)–C–C–N with tert-alkyl or cyclic N) is 1. The maximum atomic E-state index is 12.3. The van der Waals surface area contributed by atoms with E-state index in [4.69, 9.17) is 0 Å². The van der Waals surface area contributed by atoms with E-state index >= 15 is 0 Å². The van der Waals surface area contributed by atoms with E-state index in [9.17, 15) is 9.90 Å². The molecule has 1 heterocycles. The van der Waals surface area contributed by atoms with Crippen molar-refractivity contribution in [2.24, 2.45) is 0 Å². The Morgan fingerprint density at radius 2 is 1.76 bits per heavy atom. The van der Waals surface area contributed by atoms with Gasteiger partial charge in [0.15, 0.2) is 0 Å². The molecular formula is C17H26N2O2. The van der Waals surface area contributed by atoms with Gasteiger partial charge in [-0.25, -0.2) is 0 Å². The molecule has 1 amide bonds. The predicted molar refractivity (Wildman–Crippen MR) is 85.8 cm³/mol. The summed E-state index contributed by atoms with van der Waals surface area (Å²) in [5.41, 5.74) is 1.18. The number of nitrogens with zero attached hydrogens (tertiary/aromatic N) is 2. The molecule has 116 valence electrons. The minimum absolute atomic E-state index is 0.0156. The Hall–Kier alpha value is -1.55. The Bertz CT molecular complexity index is 474. The molecule has 0 atom stereocenters. The van der Waals surface area contributed by atoms with Crippen LogP contribution in [0.4, 0.5) is 5.69 Å². The van der Waals surface area contributed by atoms with Crippen LogP contribution < -0.4 is 4.90 Å². The Labute approximate surface area is 127 Å². The molecule has 4 nitrogen and oxygen atoms in total. The first-order valence-electron chi connectivity index (χ1n) is 7.89. The summed E-state index contributed by atoms with van der Waals surface area (Å²) in [7, 11) is 0. The molecule has 1 N–H and O–H groups in total. The largest absolute Gasteiger partial charge is 0.386 e. The number of carbonyl (C=O) groups excluding carboxylic acids is 1. The lowest BCUT2D eigenvalue weighted by Crippen LogP contribution is -2.63. The van der Waals surface area contributed by atoms with Crippen LogP contribution in [-0.4, -0.2) is 47.7 Å². The lowest BCUT2D eigenvalue weighted by molar-refractivity contribution is -0.0860. The van der Waals surface area contributed by atoms with Gasteiger partial charge in [0.1, 0.15) is 0 Å². The standard InChI is InChI=1S/C17H26N2O2/c1-4-11-17(21)12-19(13-17)16(20)14-7-9-15(10-8-14)18(5-2)6-3/h7-10,21H,4-6,11-13H2,1-3H3. The zero-order valence-electron chi connectivity index (χ0n) is 13.3. The molecule has 0 bridgehead atoms. The van der Waals surface area contributed by atoms with Crippen molar-refractivity contribution in [3.05, 3.63) is 29.8 Å². The van der Waals surface area contributed by atoms with Gasteiger partial charge in [-0.3, -0.25) is 4.79 Å². The van der Waals surface area contributed by atoms with Gasteiger partial charge in [0, 0.05) is 24.3 Å². The minimum atomic E-state index is -0.661. The molecule has 1 aromatic carbocycles. The summed E-state index contributed by atoms with van der Waals surface area (Å²) in [6.45, 7) is 9.12. The fourth-order valence-corrected chi connectivity index (χ4v) is 3.02. The van der Waals surface area contributed by atoms with Gasteiger partial charge in [0.2, 0.25) is 0 Å². The molecule has 0 saturated carbocycles. The van der Waals surface area contributed by atoms with E-state index in [1.54, 1.807) is 4.90 Å². The van der Waals surface area contributed by atoms with Gasteiger partial charge < -0.3 is 14.9 Å². The van der Waals surface area contributed by atoms with E-state index in [1.807, 2.05) is 31.2 Å². The normalized spacial score (nSPS) is 16.5. The van der Waals surface area contributed by atoms with Gasteiger partial charge in [-0.05, 0) is 44.5 Å². The summed E-state index contributed by atoms with van der Waals surface area (Å²) in [6.07, 6.45) is 1.70. The van der Waals surface area contributed by atoms with Gasteiger partial charge in [0.05, 0.1) is 18.7 Å². The number of benzene rings is 1. The van der Waals surface area contributed by atoms with Crippen LogP contribution >= 0.6 is 0 Å². The van der Waals surface area contributed by atoms with Crippen LogP contribution in [0, 0.1) is 0 Å². The number of rotatable bonds is 6. The zero-order valence-corrected chi connectivity index (χ0v) is 13.3. The summed E-state index contributed by atoms with van der Waals surface area (Å²) in [6, 6.07) is 7.76. The second-order valence-electron chi connectivity index (χ2n) is 5.85. The van der Waals surface area contributed by atoms with E-state index in [2.05, 4.69) is 18.7 Å². The maximum absolute atomic E-state index is 12.3. The Morgan fingerprint density at radius 1 is 1.19 bits per heavy atom. The second kappa shape index (κ2) is 6.48. The minimum Gasteiger partial charge on any atom is -0.386 e. The summed E-state index contributed by atoms with van der Waals surface area (Å²) in [4.78, 5) is 16.3. The van der Waals surface area contributed by atoms with Crippen LogP contribution in [0.1, 0.15) is 44.0 Å². The number of anilines is 1. The van der Waals surface area contributed by atoms with Crippen LogP contribution in [0.3, 0.4) is 0 Å². The van der Waals surface area contributed by atoms with Crippen molar-refractivity contribution in [1.82, 2.24) is 4.90 Å². The molecule has 1 aliphatic rings. The third-order valence-corrected chi connectivity index (χ3v) is 4.22. The summed E-state index contributed by atoms with van der Waals surface area (Å²) in [5.74, 6) is 0.0156. The van der Waals surface area contributed by atoms with Crippen LogP contribution in [0.5, 0.6) is 0 Å². The van der Waals surface area contributed by atoms with Crippen molar-refractivity contribution in [3.8, 4) is 0 Å². The Kier molecular flexibility index (Phi) is 4.88. The van der Waals surface area contributed by atoms with Gasteiger partial charge >= 0.3 is 0 Å². The van der Waals surface area contributed by atoms with Crippen LogP contribution in [0.15, 0.2) is 24.3 Å². The molecule has 0 radical (unpaired) electrons. The first-order chi connectivity index (χ1) is 10.0. The highest BCUT2D eigenvalue weighted by atomic mass is 16.3. The van der Waals surface area contributed by atoms with E-state index in [1.165, 1.54) is 0 Å². The number of hydrogen-bond acceptors (Lipinski definition) is 3. The number of likely N-dealkylation sites (tertiary alicyclic amines) is 1. The van der Waals surface area contributed by atoms with E-state index in [0.29, 0.717) is 18.7 Å². The summed E-state index contributed by atoms with van der Waals surface area (Å²) in [5, 5.41) is 10.2. The highest BCUT2D eigenvalue weighted by molar-refractivity contribution is 5.95. The van der Waals surface area contributed by atoms with E-state index < -0.39 is 5.60 Å². The molecule has 2 rings (SSSR count). The molecule has 1 aromatic rings. The fraction of sp³-hybridized carbons (Fsp3) is 0.588. The molecular weight excluding hydrogens is 264 g/mol. The first kappa shape index (κ1) is 15.8. The first-order valence-corrected chi connectivity index (χ1v) is 7.89. The molecule has 0 unspecified atom stereocenters. The van der Waals surface area contributed by atoms with Crippen molar-refractivity contribution in [2.75, 3.05) is 31.1 Å². The predicted octanol–water partition coefficient (Wildman–Crippen LogP) is 2.52. The number of hydrogen-bond donors (Lipinski definition) is 1. The molecule has 1 aliphatic heterocycles. The average molecular weight is 290 g/mol. The average Bonchev–Trinajstić information content (AvgIpc) is 2.46. The van der Waals surface area contributed by atoms with E-state index in [0.717, 1.165) is 31.6 Å². The van der Waals surface area contributed by atoms with Crippen LogP contribution in [-0.2, 0) is 0 Å². The highest BCUT2D eigenvalue weighted by Crippen LogP contribution is 2.27. The molecule has 0 aliphatic carbocycles. The number of carbonyl (C=O) groups is 1. The lowest BCUT2D eigenvalue weighted by atomic mass is 9.89. The van der Waals surface area contributed by atoms with Crippen molar-refractivity contribution >= 4 is 11.6 Å². The molecule has 0 spiro atoms. The van der Waals surface area contributed by atoms with Crippen molar-refractivity contribution in [1.29, 1.82) is 0 Å². The number of aliphatic hydroxyl groups is 1. The zero-order chi connectivity index (χ0) is 15.5. The summed E-state index contributed by atoms with van der Waals surface area (Å²) >= 11 is 0. The van der Waals surface area contributed by atoms with Crippen molar-refractivity contribution < 1.29 is 9.90 Å². The fourth-order valence-electron chi connectivity index (χ4n) is 3.02. The van der Waals surface area contributed by atoms with Gasteiger partial charge in [0.25, 0.3) is 5.91 Å². The molecule has 0 aromatic heterocycles. The lowest BCUT2D eigenvalue weighted by Gasteiger charge is -2.46. The van der Waals surface area contributed by atoms with Crippen molar-refractivity contribution in [3.63, 3.8) is 0 Å². The topological polar surface area (TPSA) is 43.8 Å². The van der Waals surface area contributed by atoms with Gasteiger partial charge in [-0.1, -0.05) is 13.3 Å². The van der Waals surface area contributed by atoms with Crippen LogP contribution in [0.2, 0.25) is 0 Å². The smallest absolute Gasteiger partial charge is 0.254 e. The van der Waals surface area contributed by atoms with Crippen LogP contribution in [0.25, 0.3) is 0 Å². The third-order valence-electron chi connectivity index (χ3n) is 4.22. The molecule has 4 heteroatoms. The molecule has 21 heavy (non-hydrogen) atoms. The molecule has 1 fully saturated rings. The SMILES string of the molecule is CCCC1(O)CN(C(=O)c2ccc(N(CC)CC)cc2)C1. The summed E-state index contributed by atoms with van der Waals surface area (Å²) < 4.78 is 0. The van der Waals surface area contributed by atoms with E-state index in [-0.39, 0.29) is 5.91 Å².